The molecule has 0 radical (unpaired) electrons. The van der Waals surface area contributed by atoms with Gasteiger partial charge in [0.05, 0.1) is 5.76 Å². The van der Waals surface area contributed by atoms with E-state index in [9.17, 15) is 0 Å². The molecule has 1 aromatic heterocycles. The zero-order valence-electron chi connectivity index (χ0n) is 9.02. The van der Waals surface area contributed by atoms with Crippen molar-refractivity contribution in [3.05, 3.63) is 36.0 Å². The average Bonchev–Trinajstić information content (AvgIpc) is 2.43. The molecule has 2 heteroatoms. The van der Waals surface area contributed by atoms with E-state index in [1.807, 2.05) is 20.8 Å². The van der Waals surface area contributed by atoms with Crippen LogP contribution in [0.25, 0.3) is 6.08 Å². The fourth-order valence-corrected chi connectivity index (χ4v) is 1.34. The van der Waals surface area contributed by atoms with E-state index in [4.69, 9.17) is 9.15 Å². The minimum atomic E-state index is 0.652. The molecule has 0 aliphatic rings. The van der Waals surface area contributed by atoms with Gasteiger partial charge >= 0.3 is 0 Å². The molecule has 0 aliphatic carbocycles. The first kappa shape index (κ1) is 10.6. The Morgan fingerprint density at radius 1 is 1.57 bits per heavy atom. The summed E-state index contributed by atoms with van der Waals surface area (Å²) in [6.45, 7) is 13.2. The third-order valence-electron chi connectivity index (χ3n) is 2.00. The Kier molecular flexibility index (Phi) is 3.18. The molecule has 76 valence electrons. The summed E-state index contributed by atoms with van der Waals surface area (Å²) in [5.41, 5.74) is 1.03. The van der Waals surface area contributed by atoms with E-state index in [0.29, 0.717) is 11.5 Å². The van der Waals surface area contributed by atoms with Crippen molar-refractivity contribution in [3.8, 4) is 5.75 Å². The molecule has 0 saturated heterocycles. The topological polar surface area (TPSA) is 22.4 Å². The summed E-state index contributed by atoms with van der Waals surface area (Å²) in [6.07, 6.45) is 2.51. The molecule has 0 aliphatic heterocycles. The molecule has 14 heavy (non-hydrogen) atoms. The van der Waals surface area contributed by atoms with Crippen LogP contribution in [0.5, 0.6) is 5.75 Å². The molecule has 2 nitrogen and oxygen atoms in total. The molecule has 1 heterocycles. The van der Waals surface area contributed by atoms with Crippen LogP contribution in [-0.2, 0) is 6.42 Å². The van der Waals surface area contributed by atoms with Gasteiger partial charge < -0.3 is 9.15 Å². The first-order chi connectivity index (χ1) is 6.60. The lowest BCUT2D eigenvalue weighted by atomic mass is 10.2. The monoisotopic (exact) mass is 192 g/mol. The summed E-state index contributed by atoms with van der Waals surface area (Å²) < 4.78 is 11.1. The minimum Gasteiger partial charge on any atom is -0.458 e. The predicted octanol–water partition coefficient (Wildman–Crippen LogP) is 3.71. The number of aryl methyl sites for hydroxylation is 1. The van der Waals surface area contributed by atoms with Gasteiger partial charge in [-0.25, -0.2) is 0 Å². The van der Waals surface area contributed by atoms with Crippen LogP contribution in [0, 0.1) is 6.92 Å². The van der Waals surface area contributed by atoms with E-state index < -0.39 is 0 Å². The summed E-state index contributed by atoms with van der Waals surface area (Å²) in [5, 5.41) is 0. The summed E-state index contributed by atoms with van der Waals surface area (Å²) in [5.74, 6) is 3.02. The second-order valence-electron chi connectivity index (χ2n) is 3.21. The van der Waals surface area contributed by atoms with Gasteiger partial charge in [-0.2, -0.15) is 0 Å². The van der Waals surface area contributed by atoms with Crippen LogP contribution in [-0.4, -0.2) is 0 Å². The molecule has 0 unspecified atom stereocenters. The third-order valence-corrected chi connectivity index (χ3v) is 2.00. The lowest BCUT2D eigenvalue weighted by Crippen LogP contribution is -1.90. The maximum absolute atomic E-state index is 5.56. The van der Waals surface area contributed by atoms with Crippen LogP contribution in [0.1, 0.15) is 30.9 Å². The van der Waals surface area contributed by atoms with Crippen molar-refractivity contribution < 1.29 is 9.15 Å². The van der Waals surface area contributed by atoms with Crippen molar-refractivity contribution in [2.24, 2.45) is 0 Å². The minimum absolute atomic E-state index is 0.652. The molecule has 0 amide bonds. The van der Waals surface area contributed by atoms with Gasteiger partial charge in [0.2, 0.25) is 0 Å². The second-order valence-corrected chi connectivity index (χ2v) is 3.21. The second kappa shape index (κ2) is 4.18. The molecule has 1 rings (SSSR count). The fourth-order valence-electron chi connectivity index (χ4n) is 1.34. The average molecular weight is 192 g/mol. The van der Waals surface area contributed by atoms with Crippen molar-refractivity contribution in [1.82, 2.24) is 0 Å². The smallest absolute Gasteiger partial charge is 0.175 e. The molecular weight excluding hydrogens is 176 g/mol. The molecule has 0 bridgehead atoms. The van der Waals surface area contributed by atoms with Crippen LogP contribution < -0.4 is 4.74 Å². The van der Waals surface area contributed by atoms with Crippen LogP contribution in [0.15, 0.2) is 23.3 Å². The Bertz CT molecular complexity index is 359. The normalized spacial score (nSPS) is 9.93. The molecule has 0 spiro atoms. The van der Waals surface area contributed by atoms with Gasteiger partial charge in [0.1, 0.15) is 5.76 Å². The molecule has 0 fully saturated rings. The third kappa shape index (κ3) is 1.90. The Labute approximate surface area is 84.9 Å². The quantitative estimate of drug-likeness (QED) is 0.678. The van der Waals surface area contributed by atoms with Gasteiger partial charge in [0.15, 0.2) is 11.5 Å². The maximum Gasteiger partial charge on any atom is 0.175 e. The number of rotatable bonds is 4. The van der Waals surface area contributed by atoms with Crippen molar-refractivity contribution in [1.29, 1.82) is 0 Å². The molecule has 1 aromatic rings. The SMILES string of the molecule is C=Cc1oc(CC)c(C)c1OC(=C)C. The fraction of sp³-hybridized carbons (Fsp3) is 0.333. The van der Waals surface area contributed by atoms with Gasteiger partial charge in [0, 0.05) is 12.0 Å². The number of hydrogen-bond acceptors (Lipinski definition) is 2. The summed E-state index contributed by atoms with van der Waals surface area (Å²) in [6, 6.07) is 0. The lowest BCUT2D eigenvalue weighted by molar-refractivity contribution is 0.414. The lowest BCUT2D eigenvalue weighted by Gasteiger charge is -2.03. The first-order valence-electron chi connectivity index (χ1n) is 4.68. The van der Waals surface area contributed by atoms with Gasteiger partial charge in [-0.1, -0.05) is 20.1 Å². The molecular formula is C12H16O2. The molecule has 0 saturated carbocycles. The highest BCUT2D eigenvalue weighted by atomic mass is 16.5. The summed E-state index contributed by atoms with van der Waals surface area (Å²) in [4.78, 5) is 0. The van der Waals surface area contributed by atoms with Crippen LogP contribution in [0.2, 0.25) is 0 Å². The number of ether oxygens (including phenoxy) is 1. The summed E-state index contributed by atoms with van der Waals surface area (Å²) >= 11 is 0. The highest BCUT2D eigenvalue weighted by Gasteiger charge is 2.15. The van der Waals surface area contributed by atoms with Crippen molar-refractivity contribution in [2.75, 3.05) is 0 Å². The van der Waals surface area contributed by atoms with Crippen molar-refractivity contribution in [2.45, 2.75) is 27.2 Å². The van der Waals surface area contributed by atoms with Crippen molar-refractivity contribution in [3.63, 3.8) is 0 Å². The van der Waals surface area contributed by atoms with Gasteiger partial charge in [-0.15, -0.1) is 0 Å². The number of allylic oxidation sites excluding steroid dienone is 1. The van der Waals surface area contributed by atoms with E-state index in [-0.39, 0.29) is 0 Å². The molecule has 0 atom stereocenters. The predicted molar refractivity (Wildman–Crippen MR) is 58.4 cm³/mol. The van der Waals surface area contributed by atoms with Crippen molar-refractivity contribution >= 4 is 6.08 Å². The number of hydrogen-bond donors (Lipinski definition) is 0. The zero-order chi connectivity index (χ0) is 10.7. The van der Waals surface area contributed by atoms with Gasteiger partial charge in [0.25, 0.3) is 0 Å². The highest BCUT2D eigenvalue weighted by molar-refractivity contribution is 5.55. The van der Waals surface area contributed by atoms with Crippen LogP contribution >= 0.6 is 0 Å². The maximum atomic E-state index is 5.56. The standard InChI is InChI=1S/C12H16O2/c1-6-10-9(5)12(13-8(3)4)11(7-2)14-10/h7H,2-3,6H2,1,4-5H3. The number of furan rings is 1. The van der Waals surface area contributed by atoms with Gasteiger partial charge in [-0.3, -0.25) is 0 Å². The van der Waals surface area contributed by atoms with E-state index in [0.717, 1.165) is 23.5 Å². The zero-order valence-corrected chi connectivity index (χ0v) is 9.02. The summed E-state index contributed by atoms with van der Waals surface area (Å²) in [7, 11) is 0. The van der Waals surface area contributed by atoms with Crippen LogP contribution in [0.3, 0.4) is 0 Å². The van der Waals surface area contributed by atoms with E-state index in [2.05, 4.69) is 13.2 Å². The Morgan fingerprint density at radius 3 is 2.64 bits per heavy atom. The van der Waals surface area contributed by atoms with Crippen LogP contribution in [0.4, 0.5) is 0 Å². The highest BCUT2D eigenvalue weighted by Crippen LogP contribution is 2.32. The van der Waals surface area contributed by atoms with Gasteiger partial charge in [-0.05, 0) is 19.9 Å². The Balaban J connectivity index is 3.17. The molecule has 0 aromatic carbocycles. The van der Waals surface area contributed by atoms with E-state index >= 15 is 0 Å². The molecule has 0 N–H and O–H groups in total. The van der Waals surface area contributed by atoms with E-state index in [1.165, 1.54) is 0 Å². The Morgan fingerprint density at radius 2 is 2.21 bits per heavy atom. The first-order valence-corrected chi connectivity index (χ1v) is 4.68. The Hall–Kier alpha value is -1.44. The van der Waals surface area contributed by atoms with E-state index in [1.54, 1.807) is 6.08 Å². The largest absolute Gasteiger partial charge is 0.458 e.